The molecule has 2 aromatic carbocycles. The summed E-state index contributed by atoms with van der Waals surface area (Å²) in [7, 11) is 1.95. The third-order valence-corrected chi connectivity index (χ3v) is 3.76. The summed E-state index contributed by atoms with van der Waals surface area (Å²) in [5.74, 6) is 0.813. The normalized spacial score (nSPS) is 11.0. The Balaban J connectivity index is 1.89. The number of aromatic nitrogens is 2. The molecule has 0 atom stereocenters. The van der Waals surface area contributed by atoms with Gasteiger partial charge in [0.2, 0.25) is 0 Å². The minimum atomic E-state index is 0.435. The third-order valence-electron chi connectivity index (χ3n) is 3.76. The van der Waals surface area contributed by atoms with Crippen molar-refractivity contribution in [1.29, 1.82) is 0 Å². The Labute approximate surface area is 124 Å². The van der Waals surface area contributed by atoms with Crippen molar-refractivity contribution in [1.82, 2.24) is 9.78 Å². The van der Waals surface area contributed by atoms with Crippen LogP contribution in [0.5, 0.6) is 5.75 Å². The second-order valence-corrected chi connectivity index (χ2v) is 5.35. The molecule has 0 spiro atoms. The number of para-hydroxylation sites is 1. The molecule has 0 aliphatic carbocycles. The van der Waals surface area contributed by atoms with Crippen LogP contribution in [0.15, 0.2) is 36.4 Å². The zero-order chi connectivity index (χ0) is 15.0. The Hall–Kier alpha value is -2.49. The van der Waals surface area contributed by atoms with Gasteiger partial charge in [-0.2, -0.15) is 5.10 Å². The van der Waals surface area contributed by atoms with E-state index in [9.17, 15) is 0 Å². The summed E-state index contributed by atoms with van der Waals surface area (Å²) >= 11 is 0. The van der Waals surface area contributed by atoms with Crippen LogP contribution in [0.3, 0.4) is 0 Å². The van der Waals surface area contributed by atoms with E-state index in [-0.39, 0.29) is 0 Å². The molecule has 4 nitrogen and oxygen atoms in total. The van der Waals surface area contributed by atoms with Gasteiger partial charge in [0.15, 0.2) is 0 Å². The van der Waals surface area contributed by atoms with E-state index in [4.69, 9.17) is 10.5 Å². The summed E-state index contributed by atoms with van der Waals surface area (Å²) in [6.07, 6.45) is 0. The van der Waals surface area contributed by atoms with Gasteiger partial charge in [0.25, 0.3) is 0 Å². The highest BCUT2D eigenvalue weighted by Gasteiger charge is 2.10. The van der Waals surface area contributed by atoms with Gasteiger partial charge in [0.1, 0.15) is 18.1 Å². The van der Waals surface area contributed by atoms with E-state index in [0.717, 1.165) is 39.2 Å². The lowest BCUT2D eigenvalue weighted by atomic mass is 10.1. The molecule has 0 bridgehead atoms. The predicted molar refractivity (Wildman–Crippen MR) is 85.4 cm³/mol. The van der Waals surface area contributed by atoms with Crippen LogP contribution < -0.4 is 10.5 Å². The van der Waals surface area contributed by atoms with Crippen molar-refractivity contribution < 1.29 is 4.74 Å². The van der Waals surface area contributed by atoms with Gasteiger partial charge in [-0.1, -0.05) is 24.3 Å². The number of aryl methyl sites for hydroxylation is 3. The van der Waals surface area contributed by atoms with E-state index in [2.05, 4.69) is 17.2 Å². The van der Waals surface area contributed by atoms with Crippen LogP contribution in [-0.4, -0.2) is 9.78 Å². The van der Waals surface area contributed by atoms with Crippen LogP contribution in [0.25, 0.3) is 10.9 Å². The number of nitrogens with two attached hydrogens (primary N) is 1. The summed E-state index contributed by atoms with van der Waals surface area (Å²) in [6.45, 7) is 4.46. The third kappa shape index (κ3) is 2.44. The fourth-order valence-corrected chi connectivity index (χ4v) is 2.55. The van der Waals surface area contributed by atoms with Gasteiger partial charge >= 0.3 is 0 Å². The lowest BCUT2D eigenvalue weighted by molar-refractivity contribution is 0.299. The molecule has 1 heterocycles. The molecule has 0 saturated heterocycles. The molecular weight excluding hydrogens is 262 g/mol. The number of hydrogen-bond acceptors (Lipinski definition) is 3. The number of benzene rings is 2. The molecule has 4 heteroatoms. The summed E-state index contributed by atoms with van der Waals surface area (Å²) in [4.78, 5) is 0. The lowest BCUT2D eigenvalue weighted by Gasteiger charge is -2.10. The van der Waals surface area contributed by atoms with Crippen molar-refractivity contribution in [2.24, 2.45) is 7.05 Å². The first-order chi connectivity index (χ1) is 10.1. The molecule has 1 aromatic heterocycles. The fraction of sp³-hybridized carbons (Fsp3) is 0.235. The highest BCUT2D eigenvalue weighted by Crippen LogP contribution is 2.26. The Bertz CT molecular complexity index is 805. The maximum atomic E-state index is 5.95. The molecule has 0 unspecified atom stereocenters. The monoisotopic (exact) mass is 281 g/mol. The molecule has 108 valence electrons. The maximum absolute atomic E-state index is 5.95. The second kappa shape index (κ2) is 5.13. The number of nitrogen functional groups attached to an aromatic ring is 1. The van der Waals surface area contributed by atoms with Crippen LogP contribution in [0.4, 0.5) is 5.69 Å². The standard InChI is InChI=1S/C17H19N3O/c1-11-8-12(2)17(9-14(11)18)21-10-15-13-6-4-5-7-16(13)20(3)19-15/h4-9H,10,18H2,1-3H3. The second-order valence-electron chi connectivity index (χ2n) is 5.35. The quantitative estimate of drug-likeness (QED) is 0.749. The van der Waals surface area contributed by atoms with Crippen molar-refractivity contribution in [3.8, 4) is 5.75 Å². The molecule has 0 saturated carbocycles. The maximum Gasteiger partial charge on any atom is 0.133 e. The summed E-state index contributed by atoms with van der Waals surface area (Å²) in [5, 5.41) is 5.66. The highest BCUT2D eigenvalue weighted by atomic mass is 16.5. The molecule has 3 aromatic rings. The van der Waals surface area contributed by atoms with E-state index in [1.807, 2.05) is 49.8 Å². The number of ether oxygens (including phenoxy) is 1. The average Bonchev–Trinajstić information content (AvgIpc) is 2.79. The number of hydrogen-bond donors (Lipinski definition) is 1. The number of rotatable bonds is 3. The zero-order valence-corrected chi connectivity index (χ0v) is 12.6. The summed E-state index contributed by atoms with van der Waals surface area (Å²) < 4.78 is 7.80. The predicted octanol–water partition coefficient (Wildman–Crippen LogP) is 3.35. The first-order valence-corrected chi connectivity index (χ1v) is 6.96. The van der Waals surface area contributed by atoms with Crippen molar-refractivity contribution in [3.63, 3.8) is 0 Å². The number of fused-ring (bicyclic) bond motifs is 1. The van der Waals surface area contributed by atoms with Crippen molar-refractivity contribution in [3.05, 3.63) is 53.2 Å². The van der Waals surface area contributed by atoms with Gasteiger partial charge in [-0.15, -0.1) is 0 Å². The zero-order valence-electron chi connectivity index (χ0n) is 12.6. The van der Waals surface area contributed by atoms with Gasteiger partial charge in [-0.3, -0.25) is 4.68 Å². The Morgan fingerprint density at radius 2 is 1.90 bits per heavy atom. The van der Waals surface area contributed by atoms with Gasteiger partial charge in [0, 0.05) is 24.2 Å². The van der Waals surface area contributed by atoms with Crippen LogP contribution in [0.2, 0.25) is 0 Å². The van der Waals surface area contributed by atoms with Gasteiger partial charge in [-0.05, 0) is 31.0 Å². The molecule has 2 N–H and O–H groups in total. The van der Waals surface area contributed by atoms with E-state index in [1.165, 1.54) is 0 Å². The first kappa shape index (κ1) is 13.5. The minimum Gasteiger partial charge on any atom is -0.487 e. The molecule has 0 radical (unpaired) electrons. The van der Waals surface area contributed by atoms with E-state index in [1.54, 1.807) is 0 Å². The topological polar surface area (TPSA) is 53.1 Å². The molecule has 3 rings (SSSR count). The van der Waals surface area contributed by atoms with Gasteiger partial charge in [-0.25, -0.2) is 0 Å². The van der Waals surface area contributed by atoms with Crippen molar-refractivity contribution >= 4 is 16.6 Å². The van der Waals surface area contributed by atoms with Crippen LogP contribution >= 0.6 is 0 Å². The fourth-order valence-electron chi connectivity index (χ4n) is 2.55. The van der Waals surface area contributed by atoms with E-state index >= 15 is 0 Å². The van der Waals surface area contributed by atoms with Crippen molar-refractivity contribution in [2.75, 3.05) is 5.73 Å². The van der Waals surface area contributed by atoms with Gasteiger partial charge in [0.05, 0.1) is 5.52 Å². The molecular formula is C17H19N3O. The largest absolute Gasteiger partial charge is 0.487 e. The minimum absolute atomic E-state index is 0.435. The van der Waals surface area contributed by atoms with E-state index < -0.39 is 0 Å². The Morgan fingerprint density at radius 1 is 1.14 bits per heavy atom. The number of nitrogens with zero attached hydrogens (tertiary/aromatic N) is 2. The number of anilines is 1. The smallest absolute Gasteiger partial charge is 0.133 e. The lowest BCUT2D eigenvalue weighted by Crippen LogP contribution is -2.01. The SMILES string of the molecule is Cc1cc(C)c(OCc2nn(C)c3ccccc23)cc1N. The molecule has 0 fully saturated rings. The summed E-state index contributed by atoms with van der Waals surface area (Å²) in [6, 6.07) is 12.1. The van der Waals surface area contributed by atoms with Gasteiger partial charge < -0.3 is 10.5 Å². The Kier molecular flexibility index (Phi) is 3.29. The molecule has 21 heavy (non-hydrogen) atoms. The van der Waals surface area contributed by atoms with Crippen LogP contribution in [0, 0.1) is 13.8 Å². The molecule has 0 amide bonds. The van der Waals surface area contributed by atoms with Crippen molar-refractivity contribution in [2.45, 2.75) is 20.5 Å². The average molecular weight is 281 g/mol. The Morgan fingerprint density at radius 3 is 2.71 bits per heavy atom. The molecule has 0 aliphatic rings. The first-order valence-electron chi connectivity index (χ1n) is 6.96. The summed E-state index contributed by atoms with van der Waals surface area (Å²) in [5.41, 5.74) is 10.9. The highest BCUT2D eigenvalue weighted by molar-refractivity contribution is 5.81. The molecule has 0 aliphatic heterocycles. The van der Waals surface area contributed by atoms with Crippen LogP contribution in [-0.2, 0) is 13.7 Å². The van der Waals surface area contributed by atoms with E-state index in [0.29, 0.717) is 6.61 Å². The van der Waals surface area contributed by atoms with Crippen LogP contribution in [0.1, 0.15) is 16.8 Å².